The Bertz CT molecular complexity index is 1350. The lowest BCUT2D eigenvalue weighted by molar-refractivity contribution is 0.0566. The Morgan fingerprint density at radius 1 is 1.00 bits per heavy atom. The SMILES string of the molecule is CNS(=O)(=O)c1cc(N=C(c2ccccc2)c2ccccc2)cnc1-c1cnn(C(F)F)c1. The Morgan fingerprint density at radius 2 is 1.61 bits per heavy atom. The van der Waals surface area contributed by atoms with Crippen molar-refractivity contribution in [3.8, 4) is 11.3 Å². The number of rotatable bonds is 7. The van der Waals surface area contributed by atoms with E-state index >= 15 is 0 Å². The lowest BCUT2D eigenvalue weighted by Gasteiger charge is -2.11. The molecule has 0 radical (unpaired) electrons. The summed E-state index contributed by atoms with van der Waals surface area (Å²) >= 11 is 0. The second kappa shape index (κ2) is 9.39. The van der Waals surface area contributed by atoms with Gasteiger partial charge in [-0.15, -0.1) is 0 Å². The fourth-order valence-corrected chi connectivity index (χ4v) is 4.13. The third-order valence-corrected chi connectivity index (χ3v) is 6.23. The minimum Gasteiger partial charge on any atom is -0.252 e. The second-order valence-corrected chi connectivity index (χ2v) is 8.78. The van der Waals surface area contributed by atoms with Gasteiger partial charge in [0.05, 0.1) is 29.5 Å². The maximum atomic E-state index is 13.0. The summed E-state index contributed by atoms with van der Waals surface area (Å²) in [4.78, 5) is 8.75. The Kier molecular flexibility index (Phi) is 6.38. The molecule has 0 amide bonds. The zero-order chi connectivity index (χ0) is 23.4. The number of nitrogens with one attached hydrogen (secondary N) is 1. The molecule has 0 aliphatic carbocycles. The molecule has 33 heavy (non-hydrogen) atoms. The van der Waals surface area contributed by atoms with Crippen LogP contribution in [0.5, 0.6) is 0 Å². The first-order chi connectivity index (χ1) is 15.9. The molecule has 0 spiro atoms. The van der Waals surface area contributed by atoms with Crippen molar-refractivity contribution < 1.29 is 17.2 Å². The summed E-state index contributed by atoms with van der Waals surface area (Å²) in [5.74, 6) is 0. The Hall–Kier alpha value is -3.76. The van der Waals surface area contributed by atoms with Crippen LogP contribution in [0, 0.1) is 0 Å². The van der Waals surface area contributed by atoms with Crippen LogP contribution in [0.25, 0.3) is 11.3 Å². The largest absolute Gasteiger partial charge is 0.333 e. The maximum Gasteiger partial charge on any atom is 0.333 e. The van der Waals surface area contributed by atoms with Gasteiger partial charge in [-0.25, -0.2) is 22.8 Å². The Labute approximate surface area is 189 Å². The minimum absolute atomic E-state index is 0.00354. The summed E-state index contributed by atoms with van der Waals surface area (Å²) in [5, 5.41) is 3.58. The van der Waals surface area contributed by atoms with Gasteiger partial charge in [-0.3, -0.25) is 4.98 Å². The van der Waals surface area contributed by atoms with Crippen LogP contribution in [-0.2, 0) is 10.0 Å². The van der Waals surface area contributed by atoms with Gasteiger partial charge in [0.1, 0.15) is 4.90 Å². The van der Waals surface area contributed by atoms with E-state index in [-0.39, 0.29) is 21.8 Å². The standard InChI is InChI=1S/C23H19F2N5O2S/c1-26-33(31,32)20-12-19(14-27-22(20)18-13-28-30(15-18)23(24)25)29-21(16-8-4-2-5-9-16)17-10-6-3-7-11-17/h2-15,23,26H,1H3. The molecule has 7 nitrogen and oxygen atoms in total. The van der Waals surface area contributed by atoms with Crippen molar-refractivity contribution in [2.24, 2.45) is 4.99 Å². The van der Waals surface area contributed by atoms with E-state index in [1.165, 1.54) is 19.3 Å². The first kappa shape index (κ1) is 22.4. The highest BCUT2D eigenvalue weighted by molar-refractivity contribution is 7.89. The minimum atomic E-state index is -3.98. The lowest BCUT2D eigenvalue weighted by atomic mass is 10.0. The van der Waals surface area contributed by atoms with E-state index in [0.29, 0.717) is 10.4 Å². The number of aromatic nitrogens is 3. The van der Waals surface area contributed by atoms with Crippen molar-refractivity contribution in [1.82, 2.24) is 19.5 Å². The molecular weight excluding hydrogens is 448 g/mol. The number of pyridine rings is 1. The number of aliphatic imine (C=N–C) groups is 1. The summed E-state index contributed by atoms with van der Waals surface area (Å²) in [6.45, 7) is -2.86. The highest BCUT2D eigenvalue weighted by Crippen LogP contribution is 2.30. The van der Waals surface area contributed by atoms with Crippen LogP contribution in [0.15, 0.2) is 95.2 Å². The van der Waals surface area contributed by atoms with E-state index in [1.54, 1.807) is 0 Å². The number of hydrogen-bond donors (Lipinski definition) is 1. The third kappa shape index (κ3) is 4.86. The van der Waals surface area contributed by atoms with E-state index in [1.807, 2.05) is 60.7 Å². The van der Waals surface area contributed by atoms with Gasteiger partial charge >= 0.3 is 6.55 Å². The molecule has 2 heterocycles. The second-order valence-electron chi connectivity index (χ2n) is 6.93. The molecule has 0 saturated heterocycles. The van der Waals surface area contributed by atoms with Gasteiger partial charge in [-0.1, -0.05) is 60.7 Å². The van der Waals surface area contributed by atoms with Crippen LogP contribution >= 0.6 is 0 Å². The number of halogens is 2. The molecule has 0 aliphatic rings. The monoisotopic (exact) mass is 467 g/mol. The molecule has 4 aromatic rings. The van der Waals surface area contributed by atoms with Crippen molar-refractivity contribution in [2.75, 3.05) is 7.05 Å². The number of sulfonamides is 1. The molecule has 1 N–H and O–H groups in total. The fourth-order valence-electron chi connectivity index (χ4n) is 3.21. The van der Waals surface area contributed by atoms with E-state index in [9.17, 15) is 17.2 Å². The highest BCUT2D eigenvalue weighted by Gasteiger charge is 2.22. The number of nitrogens with zero attached hydrogens (tertiary/aromatic N) is 4. The van der Waals surface area contributed by atoms with E-state index in [4.69, 9.17) is 4.99 Å². The molecule has 2 aromatic carbocycles. The molecule has 0 aliphatic heterocycles. The van der Waals surface area contributed by atoms with E-state index in [2.05, 4.69) is 14.8 Å². The van der Waals surface area contributed by atoms with Gasteiger partial charge < -0.3 is 0 Å². The number of hydrogen-bond acceptors (Lipinski definition) is 5. The van der Waals surface area contributed by atoms with E-state index in [0.717, 1.165) is 23.5 Å². The highest BCUT2D eigenvalue weighted by atomic mass is 32.2. The average molecular weight is 468 g/mol. The summed E-state index contributed by atoms with van der Waals surface area (Å²) in [5.41, 5.74) is 2.73. The molecule has 4 rings (SSSR count). The first-order valence-electron chi connectivity index (χ1n) is 9.85. The van der Waals surface area contributed by atoms with Crippen LogP contribution in [-0.4, -0.2) is 35.9 Å². The van der Waals surface area contributed by atoms with E-state index < -0.39 is 16.6 Å². The average Bonchev–Trinajstić information content (AvgIpc) is 3.34. The molecule has 0 fully saturated rings. The smallest absolute Gasteiger partial charge is 0.252 e. The molecular formula is C23H19F2N5O2S. The van der Waals surface area contributed by atoms with Crippen LogP contribution in [0.4, 0.5) is 14.5 Å². The number of benzene rings is 2. The third-order valence-electron chi connectivity index (χ3n) is 4.81. The molecule has 0 unspecified atom stereocenters. The van der Waals surface area contributed by atoms with Crippen molar-refractivity contribution in [2.45, 2.75) is 11.4 Å². The maximum absolute atomic E-state index is 13.0. The molecule has 2 aromatic heterocycles. The van der Waals surface area contributed by atoms with Gasteiger partial charge in [-0.2, -0.15) is 13.9 Å². The molecule has 0 atom stereocenters. The zero-order valence-electron chi connectivity index (χ0n) is 17.4. The normalized spacial score (nSPS) is 11.5. The first-order valence-corrected chi connectivity index (χ1v) is 11.3. The fraction of sp³-hybridized carbons (Fsp3) is 0.0870. The van der Waals surface area contributed by atoms with Gasteiger partial charge in [-0.05, 0) is 13.1 Å². The molecule has 10 heteroatoms. The molecule has 168 valence electrons. The summed E-state index contributed by atoms with van der Waals surface area (Å²) < 4.78 is 54.1. The van der Waals surface area contributed by atoms with Crippen LogP contribution in [0.2, 0.25) is 0 Å². The molecule has 0 saturated carbocycles. The van der Waals surface area contributed by atoms with Crippen molar-refractivity contribution >= 4 is 21.4 Å². The van der Waals surface area contributed by atoms with Crippen LogP contribution < -0.4 is 4.72 Å². The van der Waals surface area contributed by atoms with Gasteiger partial charge in [0.15, 0.2) is 0 Å². The topological polar surface area (TPSA) is 89.2 Å². The predicted molar refractivity (Wildman–Crippen MR) is 121 cm³/mol. The predicted octanol–water partition coefficient (Wildman–Crippen LogP) is 4.42. The summed E-state index contributed by atoms with van der Waals surface area (Å²) in [6, 6.07) is 20.3. The van der Waals surface area contributed by atoms with Gasteiger partial charge in [0.2, 0.25) is 10.0 Å². The lowest BCUT2D eigenvalue weighted by Crippen LogP contribution is -2.19. The zero-order valence-corrected chi connectivity index (χ0v) is 18.2. The Morgan fingerprint density at radius 3 is 2.12 bits per heavy atom. The van der Waals surface area contributed by atoms with Crippen molar-refractivity contribution in [3.63, 3.8) is 0 Å². The Balaban J connectivity index is 1.88. The van der Waals surface area contributed by atoms with Crippen LogP contribution in [0.3, 0.4) is 0 Å². The number of alkyl halides is 2. The van der Waals surface area contributed by atoms with Gasteiger partial charge in [0.25, 0.3) is 0 Å². The van der Waals surface area contributed by atoms with Gasteiger partial charge in [0, 0.05) is 22.9 Å². The summed E-state index contributed by atoms with van der Waals surface area (Å²) in [7, 11) is -2.72. The van der Waals surface area contributed by atoms with Crippen LogP contribution in [0.1, 0.15) is 17.7 Å². The van der Waals surface area contributed by atoms with Crippen molar-refractivity contribution in [3.05, 3.63) is 96.4 Å². The van der Waals surface area contributed by atoms with Crippen molar-refractivity contribution in [1.29, 1.82) is 0 Å². The summed E-state index contributed by atoms with van der Waals surface area (Å²) in [6.07, 6.45) is 3.59. The molecule has 0 bridgehead atoms. The quantitative estimate of drug-likeness (QED) is 0.408.